The Hall–Kier alpha value is -2.21. The van der Waals surface area contributed by atoms with Crippen LogP contribution in [0.2, 0.25) is 0 Å². The number of nitrogens with one attached hydrogen (secondary N) is 1. The fourth-order valence-electron chi connectivity index (χ4n) is 1.35. The van der Waals surface area contributed by atoms with Crippen molar-refractivity contribution in [1.29, 1.82) is 0 Å². The summed E-state index contributed by atoms with van der Waals surface area (Å²) in [4.78, 5) is 11.7. The summed E-state index contributed by atoms with van der Waals surface area (Å²) in [6.45, 7) is 0. The van der Waals surface area contributed by atoms with Crippen LogP contribution in [-0.4, -0.2) is 11.3 Å². The van der Waals surface area contributed by atoms with Crippen LogP contribution in [0.3, 0.4) is 0 Å². The Kier molecular flexibility index (Phi) is 3.15. The molecule has 0 saturated heterocycles. The molecule has 0 spiro atoms. The molecule has 6 heteroatoms. The van der Waals surface area contributed by atoms with Crippen LogP contribution in [0.4, 0.5) is 0 Å². The minimum atomic E-state index is -0.122. The van der Waals surface area contributed by atoms with Gasteiger partial charge in [-0.3, -0.25) is 10.2 Å². The third-order valence-corrected chi connectivity index (χ3v) is 2.11. The number of thiocarbonyl (C=S) groups is 1. The summed E-state index contributed by atoms with van der Waals surface area (Å²) < 4.78 is 5.45. The van der Waals surface area contributed by atoms with Crippen molar-refractivity contribution in [3.05, 3.63) is 46.3 Å². The van der Waals surface area contributed by atoms with E-state index in [1.54, 1.807) is 24.3 Å². The van der Waals surface area contributed by atoms with E-state index in [-0.39, 0.29) is 10.5 Å². The molecule has 3 N–H and O–H groups in total. The molecule has 0 aliphatic heterocycles. The van der Waals surface area contributed by atoms with E-state index >= 15 is 0 Å². The second-order valence-corrected chi connectivity index (χ2v) is 3.68. The summed E-state index contributed by atoms with van der Waals surface area (Å²) >= 11 is 4.57. The van der Waals surface area contributed by atoms with Gasteiger partial charge in [-0.2, -0.15) is 5.10 Å². The third kappa shape index (κ3) is 2.67. The van der Waals surface area contributed by atoms with Gasteiger partial charge in [0.05, 0.1) is 11.6 Å². The first-order valence-electron chi connectivity index (χ1n) is 4.78. The molecule has 0 amide bonds. The average molecular weight is 247 g/mol. The van der Waals surface area contributed by atoms with Gasteiger partial charge in [-0.05, 0) is 24.4 Å². The first-order chi connectivity index (χ1) is 8.16. The van der Waals surface area contributed by atoms with Crippen molar-refractivity contribution in [2.45, 2.75) is 0 Å². The van der Waals surface area contributed by atoms with E-state index in [0.717, 1.165) is 0 Å². The summed E-state index contributed by atoms with van der Waals surface area (Å²) in [6, 6.07) is 8.35. The Labute approximate surface area is 102 Å². The van der Waals surface area contributed by atoms with Crippen molar-refractivity contribution < 1.29 is 4.42 Å². The number of hydrazone groups is 1. The van der Waals surface area contributed by atoms with Gasteiger partial charge >= 0.3 is 0 Å². The van der Waals surface area contributed by atoms with E-state index in [1.807, 2.05) is 0 Å². The molecule has 1 heterocycles. The van der Waals surface area contributed by atoms with Crippen LogP contribution in [0, 0.1) is 0 Å². The fourth-order valence-corrected chi connectivity index (χ4v) is 1.40. The molecule has 0 saturated carbocycles. The molecule has 0 bridgehead atoms. The smallest absolute Gasteiger partial charge is 0.193 e. The van der Waals surface area contributed by atoms with Crippen LogP contribution < -0.4 is 16.6 Å². The Morgan fingerprint density at radius 3 is 3.00 bits per heavy atom. The predicted octanol–water partition coefficient (Wildman–Crippen LogP) is 0.960. The van der Waals surface area contributed by atoms with Gasteiger partial charge < -0.3 is 10.2 Å². The van der Waals surface area contributed by atoms with E-state index in [2.05, 4.69) is 22.7 Å². The van der Waals surface area contributed by atoms with E-state index in [4.69, 9.17) is 10.2 Å². The Morgan fingerprint density at radius 1 is 1.47 bits per heavy atom. The average Bonchev–Trinajstić information content (AvgIpc) is 2.28. The number of hydrogen-bond acceptors (Lipinski definition) is 4. The first kappa shape index (κ1) is 11.3. The Balaban J connectivity index is 2.40. The van der Waals surface area contributed by atoms with Crippen molar-refractivity contribution in [3.63, 3.8) is 0 Å². The van der Waals surface area contributed by atoms with Gasteiger partial charge in [-0.15, -0.1) is 0 Å². The SMILES string of the molecule is NC(=S)N/N=C/c1cc(=O)c2ccccc2o1. The maximum Gasteiger partial charge on any atom is 0.193 e. The van der Waals surface area contributed by atoms with Crippen LogP contribution >= 0.6 is 12.2 Å². The van der Waals surface area contributed by atoms with E-state index in [0.29, 0.717) is 16.7 Å². The lowest BCUT2D eigenvalue weighted by Crippen LogP contribution is -2.24. The maximum atomic E-state index is 11.7. The number of fused-ring (bicyclic) bond motifs is 1. The molecule has 0 aliphatic carbocycles. The van der Waals surface area contributed by atoms with Gasteiger partial charge in [0.25, 0.3) is 0 Å². The van der Waals surface area contributed by atoms with Gasteiger partial charge in [-0.25, -0.2) is 0 Å². The van der Waals surface area contributed by atoms with Crippen LogP contribution in [0.25, 0.3) is 11.0 Å². The monoisotopic (exact) mass is 247 g/mol. The fraction of sp³-hybridized carbons (Fsp3) is 0. The Morgan fingerprint density at radius 2 is 2.24 bits per heavy atom. The second-order valence-electron chi connectivity index (χ2n) is 3.24. The van der Waals surface area contributed by atoms with Gasteiger partial charge in [-0.1, -0.05) is 12.1 Å². The number of para-hydroxylation sites is 1. The highest BCUT2D eigenvalue weighted by molar-refractivity contribution is 7.80. The van der Waals surface area contributed by atoms with Crippen molar-refractivity contribution in [1.82, 2.24) is 5.43 Å². The second kappa shape index (κ2) is 4.75. The highest BCUT2D eigenvalue weighted by Gasteiger charge is 2.01. The van der Waals surface area contributed by atoms with Crippen LogP contribution in [0.15, 0.2) is 44.6 Å². The van der Waals surface area contributed by atoms with Crippen LogP contribution in [0.1, 0.15) is 5.76 Å². The molecule has 0 fully saturated rings. The van der Waals surface area contributed by atoms with E-state index < -0.39 is 0 Å². The van der Waals surface area contributed by atoms with E-state index in [9.17, 15) is 4.79 Å². The summed E-state index contributed by atoms with van der Waals surface area (Å²) in [5.41, 5.74) is 7.96. The zero-order valence-corrected chi connectivity index (χ0v) is 9.53. The highest BCUT2D eigenvalue weighted by atomic mass is 32.1. The molecule has 0 aliphatic rings. The van der Waals surface area contributed by atoms with Crippen LogP contribution in [-0.2, 0) is 0 Å². The maximum absolute atomic E-state index is 11.7. The quantitative estimate of drug-likeness (QED) is 0.469. The van der Waals surface area contributed by atoms with E-state index in [1.165, 1.54) is 12.3 Å². The number of nitrogens with two attached hydrogens (primary N) is 1. The third-order valence-electron chi connectivity index (χ3n) is 2.02. The molecule has 17 heavy (non-hydrogen) atoms. The van der Waals surface area contributed by atoms with Crippen molar-refractivity contribution in [2.24, 2.45) is 10.8 Å². The predicted molar refractivity (Wildman–Crippen MR) is 70.0 cm³/mol. The number of hydrogen-bond donors (Lipinski definition) is 2. The molecule has 2 rings (SSSR count). The molecule has 0 radical (unpaired) electrons. The summed E-state index contributed by atoms with van der Waals surface area (Å²) in [7, 11) is 0. The zero-order chi connectivity index (χ0) is 12.3. The standard InChI is InChI=1S/C11H9N3O2S/c12-11(17)14-13-6-7-5-9(15)8-3-1-2-4-10(8)16-7/h1-6H,(H3,12,14,17)/b13-6+. The van der Waals surface area contributed by atoms with Gasteiger partial charge in [0.2, 0.25) is 0 Å². The molecular weight excluding hydrogens is 238 g/mol. The zero-order valence-electron chi connectivity index (χ0n) is 8.71. The topological polar surface area (TPSA) is 80.6 Å². The Bertz CT molecular complexity index is 648. The first-order valence-corrected chi connectivity index (χ1v) is 5.19. The minimum absolute atomic E-state index is 0.0457. The summed E-state index contributed by atoms with van der Waals surface area (Å²) in [5, 5.41) is 4.30. The molecule has 0 unspecified atom stereocenters. The summed E-state index contributed by atoms with van der Waals surface area (Å²) in [5.74, 6) is 0.331. The van der Waals surface area contributed by atoms with Gasteiger partial charge in [0.1, 0.15) is 5.58 Å². The molecule has 1 aromatic heterocycles. The van der Waals surface area contributed by atoms with Crippen LogP contribution in [0.5, 0.6) is 0 Å². The lowest BCUT2D eigenvalue weighted by atomic mass is 10.2. The number of nitrogens with zero attached hydrogens (tertiary/aromatic N) is 1. The molecular formula is C11H9N3O2S. The normalized spacial score (nSPS) is 10.8. The molecule has 2 aromatic rings. The molecule has 5 nitrogen and oxygen atoms in total. The number of benzene rings is 1. The largest absolute Gasteiger partial charge is 0.455 e. The minimum Gasteiger partial charge on any atom is -0.455 e. The van der Waals surface area contributed by atoms with Gasteiger partial charge in [0.15, 0.2) is 16.3 Å². The molecule has 0 atom stereocenters. The lowest BCUT2D eigenvalue weighted by molar-refractivity contribution is 0.594. The highest BCUT2D eigenvalue weighted by Crippen LogP contribution is 2.10. The van der Waals surface area contributed by atoms with Gasteiger partial charge in [0, 0.05) is 6.07 Å². The van der Waals surface area contributed by atoms with Crippen molar-refractivity contribution >= 4 is 34.5 Å². The molecule has 1 aromatic carbocycles. The molecule has 86 valence electrons. The van der Waals surface area contributed by atoms with Crippen molar-refractivity contribution in [3.8, 4) is 0 Å². The lowest BCUT2D eigenvalue weighted by Gasteiger charge is -1.98. The number of rotatable bonds is 2. The van der Waals surface area contributed by atoms with Crippen molar-refractivity contribution in [2.75, 3.05) is 0 Å². The summed E-state index contributed by atoms with van der Waals surface area (Å²) in [6.07, 6.45) is 1.34.